The number of thiophene rings is 1. The highest BCUT2D eigenvalue weighted by Crippen LogP contribution is 2.20. The summed E-state index contributed by atoms with van der Waals surface area (Å²) < 4.78 is 10.2. The molecule has 0 saturated heterocycles. The monoisotopic (exact) mass is 263 g/mol. The molecule has 1 aromatic heterocycles. The Balaban J connectivity index is 1.95. The van der Waals surface area contributed by atoms with E-state index in [1.165, 1.54) is 11.3 Å². The minimum Gasteiger partial charge on any atom is -0.497 e. The van der Waals surface area contributed by atoms with Crippen molar-refractivity contribution in [3.8, 4) is 5.75 Å². The van der Waals surface area contributed by atoms with Crippen LogP contribution in [0.3, 0.4) is 0 Å². The molecule has 2 aromatic rings. The van der Waals surface area contributed by atoms with Crippen molar-refractivity contribution in [3.05, 3.63) is 46.2 Å². The maximum absolute atomic E-state index is 11.7. The summed E-state index contributed by atoms with van der Waals surface area (Å²) in [6.45, 7) is 0.222. The lowest BCUT2D eigenvalue weighted by atomic mass is 10.2. The standard InChI is InChI=1S/C13H13NO3S/c1-16-10-4-2-9(3-5-10)8-17-13(15)12-11(14)6-7-18-12/h2-7H,8,14H2,1H3. The van der Waals surface area contributed by atoms with E-state index in [4.69, 9.17) is 15.2 Å². The number of hydrogen-bond donors (Lipinski definition) is 1. The molecule has 18 heavy (non-hydrogen) atoms. The molecule has 0 fully saturated rings. The molecule has 0 aliphatic carbocycles. The second kappa shape index (κ2) is 5.55. The first kappa shape index (κ1) is 12.4. The van der Waals surface area contributed by atoms with Crippen LogP contribution in [-0.4, -0.2) is 13.1 Å². The van der Waals surface area contributed by atoms with Gasteiger partial charge in [-0.25, -0.2) is 4.79 Å². The van der Waals surface area contributed by atoms with Gasteiger partial charge in [0.25, 0.3) is 0 Å². The lowest BCUT2D eigenvalue weighted by Crippen LogP contribution is -2.05. The number of benzene rings is 1. The molecule has 2 N–H and O–H groups in total. The number of nitrogens with two attached hydrogens (primary N) is 1. The Morgan fingerprint density at radius 2 is 2.00 bits per heavy atom. The topological polar surface area (TPSA) is 61.5 Å². The van der Waals surface area contributed by atoms with Crippen molar-refractivity contribution in [2.75, 3.05) is 12.8 Å². The normalized spacial score (nSPS) is 10.1. The van der Waals surface area contributed by atoms with E-state index in [1.54, 1.807) is 18.6 Å². The molecule has 0 aliphatic heterocycles. The number of hydrogen-bond acceptors (Lipinski definition) is 5. The van der Waals surface area contributed by atoms with Gasteiger partial charge in [-0.15, -0.1) is 11.3 Å². The van der Waals surface area contributed by atoms with Gasteiger partial charge in [0.15, 0.2) is 0 Å². The number of anilines is 1. The van der Waals surface area contributed by atoms with E-state index in [0.29, 0.717) is 10.6 Å². The predicted octanol–water partition coefficient (Wildman–Crippen LogP) is 2.70. The molecule has 0 amide bonds. The van der Waals surface area contributed by atoms with Gasteiger partial charge in [0.1, 0.15) is 17.2 Å². The van der Waals surface area contributed by atoms with Crippen LogP contribution in [-0.2, 0) is 11.3 Å². The van der Waals surface area contributed by atoms with E-state index in [2.05, 4.69) is 0 Å². The van der Waals surface area contributed by atoms with E-state index in [-0.39, 0.29) is 6.61 Å². The van der Waals surface area contributed by atoms with Gasteiger partial charge in [-0.3, -0.25) is 0 Å². The van der Waals surface area contributed by atoms with E-state index >= 15 is 0 Å². The number of carbonyl (C=O) groups is 1. The van der Waals surface area contributed by atoms with Gasteiger partial charge in [0.2, 0.25) is 0 Å². The third-order valence-electron chi connectivity index (χ3n) is 2.41. The first-order valence-electron chi connectivity index (χ1n) is 5.33. The van der Waals surface area contributed by atoms with Crippen LogP contribution >= 0.6 is 11.3 Å². The van der Waals surface area contributed by atoms with Crippen LogP contribution in [0.4, 0.5) is 5.69 Å². The van der Waals surface area contributed by atoms with Crippen LogP contribution in [0.25, 0.3) is 0 Å². The first-order chi connectivity index (χ1) is 8.70. The number of carbonyl (C=O) groups excluding carboxylic acids is 1. The van der Waals surface area contributed by atoms with Crippen molar-refractivity contribution in [1.82, 2.24) is 0 Å². The lowest BCUT2D eigenvalue weighted by Gasteiger charge is -2.05. The minimum atomic E-state index is -0.390. The molecule has 0 saturated carbocycles. The Morgan fingerprint density at radius 1 is 1.28 bits per heavy atom. The maximum atomic E-state index is 11.7. The summed E-state index contributed by atoms with van der Waals surface area (Å²) >= 11 is 1.28. The van der Waals surface area contributed by atoms with Gasteiger partial charge in [0.05, 0.1) is 12.8 Å². The zero-order chi connectivity index (χ0) is 13.0. The maximum Gasteiger partial charge on any atom is 0.350 e. The first-order valence-corrected chi connectivity index (χ1v) is 6.21. The van der Waals surface area contributed by atoms with Crippen molar-refractivity contribution < 1.29 is 14.3 Å². The van der Waals surface area contributed by atoms with Crippen molar-refractivity contribution in [3.63, 3.8) is 0 Å². The van der Waals surface area contributed by atoms with Crippen molar-refractivity contribution in [2.24, 2.45) is 0 Å². The summed E-state index contributed by atoms with van der Waals surface area (Å²) in [6.07, 6.45) is 0. The van der Waals surface area contributed by atoms with Crippen LogP contribution in [0.2, 0.25) is 0 Å². The van der Waals surface area contributed by atoms with Crippen molar-refractivity contribution >= 4 is 23.0 Å². The van der Waals surface area contributed by atoms with Gasteiger partial charge in [-0.05, 0) is 29.1 Å². The summed E-state index contributed by atoms with van der Waals surface area (Å²) in [5.41, 5.74) is 7.00. The Morgan fingerprint density at radius 3 is 2.56 bits per heavy atom. The lowest BCUT2D eigenvalue weighted by molar-refractivity contribution is 0.0479. The Kier molecular flexibility index (Phi) is 3.84. The molecule has 0 unspecified atom stereocenters. The fraction of sp³-hybridized carbons (Fsp3) is 0.154. The van der Waals surface area contributed by atoms with Gasteiger partial charge in [-0.1, -0.05) is 12.1 Å². The van der Waals surface area contributed by atoms with E-state index in [0.717, 1.165) is 11.3 Å². The number of nitrogen functional groups attached to an aromatic ring is 1. The molecule has 0 radical (unpaired) electrons. The molecular formula is C13H13NO3S. The third-order valence-corrected chi connectivity index (χ3v) is 3.32. The van der Waals surface area contributed by atoms with Gasteiger partial charge in [0, 0.05) is 0 Å². The molecule has 4 nitrogen and oxygen atoms in total. The molecule has 5 heteroatoms. The zero-order valence-electron chi connectivity index (χ0n) is 9.88. The SMILES string of the molecule is COc1ccc(COC(=O)c2sccc2N)cc1. The van der Waals surface area contributed by atoms with Crippen molar-refractivity contribution in [1.29, 1.82) is 0 Å². The summed E-state index contributed by atoms with van der Waals surface area (Å²) in [4.78, 5) is 12.2. The van der Waals surface area contributed by atoms with E-state index in [9.17, 15) is 4.79 Å². The fourth-order valence-corrected chi connectivity index (χ4v) is 2.13. The Hall–Kier alpha value is -2.01. The van der Waals surface area contributed by atoms with Gasteiger partial charge in [-0.2, -0.15) is 0 Å². The van der Waals surface area contributed by atoms with Crippen LogP contribution in [0.1, 0.15) is 15.2 Å². The van der Waals surface area contributed by atoms with E-state index < -0.39 is 5.97 Å². The summed E-state index contributed by atoms with van der Waals surface area (Å²) in [7, 11) is 1.61. The highest BCUT2D eigenvalue weighted by molar-refractivity contribution is 7.12. The number of esters is 1. The largest absolute Gasteiger partial charge is 0.497 e. The molecular weight excluding hydrogens is 250 g/mol. The number of ether oxygens (including phenoxy) is 2. The molecule has 0 atom stereocenters. The smallest absolute Gasteiger partial charge is 0.350 e. The quantitative estimate of drug-likeness (QED) is 0.861. The third kappa shape index (κ3) is 2.81. The van der Waals surface area contributed by atoms with Crippen LogP contribution in [0.5, 0.6) is 5.75 Å². The summed E-state index contributed by atoms with van der Waals surface area (Å²) in [5, 5.41) is 1.76. The molecule has 1 heterocycles. The van der Waals surface area contributed by atoms with Crippen LogP contribution in [0, 0.1) is 0 Å². The molecule has 0 spiro atoms. The molecule has 0 aliphatic rings. The Labute approximate surface area is 109 Å². The van der Waals surface area contributed by atoms with Gasteiger partial charge < -0.3 is 15.2 Å². The number of rotatable bonds is 4. The number of methoxy groups -OCH3 is 1. The highest BCUT2D eigenvalue weighted by Gasteiger charge is 2.12. The summed E-state index contributed by atoms with van der Waals surface area (Å²) in [5.74, 6) is 0.380. The second-order valence-corrected chi connectivity index (χ2v) is 4.55. The van der Waals surface area contributed by atoms with Crippen LogP contribution in [0.15, 0.2) is 35.7 Å². The second-order valence-electron chi connectivity index (χ2n) is 3.63. The minimum absolute atomic E-state index is 0.222. The zero-order valence-corrected chi connectivity index (χ0v) is 10.7. The van der Waals surface area contributed by atoms with E-state index in [1.807, 2.05) is 24.3 Å². The predicted molar refractivity (Wildman–Crippen MR) is 70.8 cm³/mol. The molecule has 2 rings (SSSR count). The Bertz CT molecular complexity index is 533. The molecule has 1 aromatic carbocycles. The highest BCUT2D eigenvalue weighted by atomic mass is 32.1. The average Bonchev–Trinajstić information content (AvgIpc) is 2.83. The summed E-state index contributed by atoms with van der Waals surface area (Å²) in [6, 6.07) is 9.04. The average molecular weight is 263 g/mol. The molecule has 0 bridgehead atoms. The van der Waals surface area contributed by atoms with Gasteiger partial charge >= 0.3 is 5.97 Å². The van der Waals surface area contributed by atoms with Crippen molar-refractivity contribution in [2.45, 2.75) is 6.61 Å². The van der Waals surface area contributed by atoms with Crippen LogP contribution < -0.4 is 10.5 Å². The fourth-order valence-electron chi connectivity index (χ4n) is 1.42. The molecule has 94 valence electrons.